The molecular weight excluding hydrogens is 316 g/mol. The van der Waals surface area contributed by atoms with E-state index in [0.29, 0.717) is 10.7 Å². The Bertz CT molecular complexity index is 396. The quantitative estimate of drug-likeness (QED) is 0.558. The summed E-state index contributed by atoms with van der Waals surface area (Å²) in [5.74, 6) is 0.709. The molecule has 0 heterocycles. The first-order valence-electron chi connectivity index (χ1n) is 5.46. The summed E-state index contributed by atoms with van der Waals surface area (Å²) in [7, 11) is 0. The fourth-order valence-electron chi connectivity index (χ4n) is 2.66. The van der Waals surface area contributed by atoms with Crippen LogP contribution in [0.5, 0.6) is 0 Å². The van der Waals surface area contributed by atoms with Crippen molar-refractivity contribution in [3.63, 3.8) is 0 Å². The maximum atomic E-state index is 3.81. The molecular formula is C13H16Br2. The molecule has 15 heavy (non-hydrogen) atoms. The molecule has 0 bridgehead atoms. The molecule has 0 saturated carbocycles. The Morgan fingerprint density at radius 3 is 2.53 bits per heavy atom. The zero-order chi connectivity index (χ0) is 11.2. The zero-order valence-electron chi connectivity index (χ0n) is 9.40. The molecule has 0 fully saturated rings. The first-order valence-corrected chi connectivity index (χ1v) is 7.16. The van der Waals surface area contributed by atoms with Gasteiger partial charge >= 0.3 is 0 Å². The molecule has 1 aliphatic rings. The van der Waals surface area contributed by atoms with Gasteiger partial charge in [-0.1, -0.05) is 38.8 Å². The van der Waals surface area contributed by atoms with Crippen LogP contribution in [0.25, 0.3) is 0 Å². The standard InChI is InChI=1S/C13H16Br2/c1-7-4-5-10(14)13-9(3)11(15)6-8(2)12(7)13/h6-7,10H,4-5H2,1-3H3. The highest BCUT2D eigenvalue weighted by Gasteiger charge is 2.26. The maximum absolute atomic E-state index is 3.81. The van der Waals surface area contributed by atoms with Gasteiger partial charge in [0.05, 0.1) is 0 Å². The van der Waals surface area contributed by atoms with Crippen molar-refractivity contribution in [2.45, 2.75) is 44.4 Å². The SMILES string of the molecule is Cc1cc(Br)c(C)c2c1C(C)CCC2Br. The first kappa shape index (κ1) is 11.7. The highest BCUT2D eigenvalue weighted by Crippen LogP contribution is 2.46. The van der Waals surface area contributed by atoms with Crippen molar-refractivity contribution in [2.75, 3.05) is 0 Å². The van der Waals surface area contributed by atoms with Gasteiger partial charge in [0, 0.05) is 9.30 Å². The van der Waals surface area contributed by atoms with E-state index in [2.05, 4.69) is 58.7 Å². The van der Waals surface area contributed by atoms with E-state index < -0.39 is 0 Å². The van der Waals surface area contributed by atoms with Crippen molar-refractivity contribution >= 4 is 31.9 Å². The molecule has 2 atom stereocenters. The number of rotatable bonds is 0. The van der Waals surface area contributed by atoms with E-state index >= 15 is 0 Å². The molecule has 0 spiro atoms. The number of alkyl halides is 1. The first-order chi connectivity index (χ1) is 7.02. The van der Waals surface area contributed by atoms with Gasteiger partial charge in [-0.2, -0.15) is 0 Å². The lowest BCUT2D eigenvalue weighted by Gasteiger charge is -2.30. The average molecular weight is 332 g/mol. The van der Waals surface area contributed by atoms with Crippen LogP contribution in [-0.4, -0.2) is 0 Å². The molecule has 0 aromatic heterocycles. The van der Waals surface area contributed by atoms with E-state index in [1.165, 1.54) is 34.0 Å². The van der Waals surface area contributed by atoms with Gasteiger partial charge in [0.1, 0.15) is 0 Å². The van der Waals surface area contributed by atoms with Crippen molar-refractivity contribution < 1.29 is 0 Å². The molecule has 82 valence electrons. The van der Waals surface area contributed by atoms with Crippen molar-refractivity contribution in [3.8, 4) is 0 Å². The van der Waals surface area contributed by atoms with E-state index in [1.807, 2.05) is 0 Å². The van der Waals surface area contributed by atoms with Crippen LogP contribution in [0.15, 0.2) is 10.5 Å². The molecule has 2 unspecified atom stereocenters. The molecule has 0 N–H and O–H groups in total. The summed E-state index contributed by atoms with van der Waals surface area (Å²) in [6.07, 6.45) is 2.55. The Kier molecular flexibility index (Phi) is 3.27. The number of benzene rings is 1. The lowest BCUT2D eigenvalue weighted by Crippen LogP contribution is -2.13. The number of aryl methyl sites for hydroxylation is 1. The van der Waals surface area contributed by atoms with E-state index in [0.717, 1.165) is 0 Å². The van der Waals surface area contributed by atoms with Crippen LogP contribution in [0.4, 0.5) is 0 Å². The second-order valence-electron chi connectivity index (χ2n) is 4.57. The monoisotopic (exact) mass is 330 g/mol. The smallest absolute Gasteiger partial charge is 0.0401 e. The Labute approximate surface area is 109 Å². The second-order valence-corrected chi connectivity index (χ2v) is 6.53. The maximum Gasteiger partial charge on any atom is 0.0401 e. The third kappa shape index (κ3) is 1.91. The Morgan fingerprint density at radius 1 is 1.20 bits per heavy atom. The molecule has 0 nitrogen and oxygen atoms in total. The van der Waals surface area contributed by atoms with E-state index in [4.69, 9.17) is 0 Å². The van der Waals surface area contributed by atoms with Crippen LogP contribution in [-0.2, 0) is 0 Å². The lowest BCUT2D eigenvalue weighted by atomic mass is 9.79. The minimum Gasteiger partial charge on any atom is -0.0839 e. The predicted octanol–water partition coefficient (Wildman–Crippen LogP) is 5.40. The van der Waals surface area contributed by atoms with Gasteiger partial charge < -0.3 is 0 Å². The minimum atomic E-state index is 0.542. The summed E-state index contributed by atoms with van der Waals surface area (Å²) in [6.45, 7) is 6.79. The summed E-state index contributed by atoms with van der Waals surface area (Å²) in [4.78, 5) is 0.542. The number of hydrogen-bond donors (Lipinski definition) is 0. The molecule has 2 heteroatoms. The summed E-state index contributed by atoms with van der Waals surface area (Å²) < 4.78 is 1.25. The van der Waals surface area contributed by atoms with Crippen LogP contribution in [0.2, 0.25) is 0 Å². The highest BCUT2D eigenvalue weighted by atomic mass is 79.9. The lowest BCUT2D eigenvalue weighted by molar-refractivity contribution is 0.581. The van der Waals surface area contributed by atoms with Crippen molar-refractivity contribution in [3.05, 3.63) is 32.8 Å². The normalized spacial score (nSPS) is 25.1. The summed E-state index contributed by atoms with van der Waals surface area (Å²) >= 11 is 7.46. The average Bonchev–Trinajstić information content (AvgIpc) is 2.18. The number of hydrogen-bond acceptors (Lipinski definition) is 0. The number of fused-ring (bicyclic) bond motifs is 1. The molecule has 0 saturated heterocycles. The Balaban J connectivity index is 2.71. The molecule has 2 rings (SSSR count). The van der Waals surface area contributed by atoms with Crippen LogP contribution in [0.3, 0.4) is 0 Å². The molecule has 1 aromatic rings. The van der Waals surface area contributed by atoms with Gasteiger partial charge in [0.25, 0.3) is 0 Å². The minimum absolute atomic E-state index is 0.542. The Hall–Kier alpha value is 0.180. The van der Waals surface area contributed by atoms with E-state index in [-0.39, 0.29) is 0 Å². The molecule has 0 aliphatic heterocycles. The van der Waals surface area contributed by atoms with Gasteiger partial charge in [0.2, 0.25) is 0 Å². The topological polar surface area (TPSA) is 0 Å². The van der Waals surface area contributed by atoms with Gasteiger partial charge in [-0.3, -0.25) is 0 Å². The number of halogens is 2. The zero-order valence-corrected chi connectivity index (χ0v) is 12.6. The third-order valence-corrected chi connectivity index (χ3v) is 5.22. The fraction of sp³-hybridized carbons (Fsp3) is 0.538. The summed E-state index contributed by atoms with van der Waals surface area (Å²) in [5.41, 5.74) is 5.94. The summed E-state index contributed by atoms with van der Waals surface area (Å²) in [5, 5.41) is 0. The molecule has 1 aromatic carbocycles. The predicted molar refractivity (Wildman–Crippen MR) is 72.9 cm³/mol. The van der Waals surface area contributed by atoms with Crippen LogP contribution >= 0.6 is 31.9 Å². The van der Waals surface area contributed by atoms with Crippen molar-refractivity contribution in [1.29, 1.82) is 0 Å². The van der Waals surface area contributed by atoms with Crippen LogP contribution in [0.1, 0.15) is 52.8 Å². The van der Waals surface area contributed by atoms with Gasteiger partial charge in [0.15, 0.2) is 0 Å². The van der Waals surface area contributed by atoms with Gasteiger partial charge in [-0.05, 0) is 60.9 Å². The largest absolute Gasteiger partial charge is 0.0839 e. The molecule has 1 aliphatic carbocycles. The van der Waals surface area contributed by atoms with Gasteiger partial charge in [-0.25, -0.2) is 0 Å². The van der Waals surface area contributed by atoms with Gasteiger partial charge in [-0.15, -0.1) is 0 Å². The summed E-state index contributed by atoms with van der Waals surface area (Å²) in [6, 6.07) is 2.26. The van der Waals surface area contributed by atoms with Crippen molar-refractivity contribution in [1.82, 2.24) is 0 Å². The molecule has 0 radical (unpaired) electrons. The third-order valence-electron chi connectivity index (χ3n) is 3.48. The van der Waals surface area contributed by atoms with E-state index in [9.17, 15) is 0 Å². The second kappa shape index (κ2) is 4.21. The van der Waals surface area contributed by atoms with Crippen molar-refractivity contribution in [2.24, 2.45) is 0 Å². The van der Waals surface area contributed by atoms with Crippen LogP contribution < -0.4 is 0 Å². The Morgan fingerprint density at radius 2 is 1.87 bits per heavy atom. The highest BCUT2D eigenvalue weighted by molar-refractivity contribution is 9.10. The van der Waals surface area contributed by atoms with E-state index in [1.54, 1.807) is 5.56 Å². The van der Waals surface area contributed by atoms with Crippen LogP contribution in [0, 0.1) is 13.8 Å². The fourth-order valence-corrected chi connectivity index (χ4v) is 4.07. The molecule has 0 amide bonds.